The average molecular weight is 617 g/mol. The van der Waals surface area contributed by atoms with Crippen molar-refractivity contribution in [2.24, 2.45) is 0 Å². The molecule has 1 N–H and O–H groups in total. The van der Waals surface area contributed by atoms with Crippen LogP contribution in [0.2, 0.25) is 0 Å². The highest BCUT2D eigenvalue weighted by Crippen LogP contribution is 2.33. The van der Waals surface area contributed by atoms with Crippen molar-refractivity contribution in [2.45, 2.75) is 44.7 Å². The van der Waals surface area contributed by atoms with Crippen molar-refractivity contribution in [2.75, 3.05) is 24.5 Å². The molecule has 3 aromatic rings. The van der Waals surface area contributed by atoms with Crippen LogP contribution in [0.15, 0.2) is 82.2 Å². The maximum absolute atomic E-state index is 14.0. The molecular formula is C29H34BrN3O5S. The molecular weight excluding hydrogens is 582 g/mol. The largest absolute Gasteiger partial charge is 0.495 e. The van der Waals surface area contributed by atoms with Crippen LogP contribution in [-0.4, -0.2) is 51.4 Å². The van der Waals surface area contributed by atoms with Crippen LogP contribution in [0.5, 0.6) is 5.75 Å². The van der Waals surface area contributed by atoms with Gasteiger partial charge in [-0.25, -0.2) is 8.42 Å². The minimum atomic E-state index is -4.17. The van der Waals surface area contributed by atoms with Gasteiger partial charge in [-0.05, 0) is 67.8 Å². The quantitative estimate of drug-likeness (QED) is 0.312. The van der Waals surface area contributed by atoms with E-state index >= 15 is 0 Å². The molecule has 0 saturated heterocycles. The molecule has 3 aromatic carbocycles. The van der Waals surface area contributed by atoms with Gasteiger partial charge in [0.05, 0.1) is 17.7 Å². The maximum atomic E-state index is 14.0. The first kappa shape index (κ1) is 30.2. The number of carbonyl (C=O) groups is 2. The lowest BCUT2D eigenvalue weighted by Gasteiger charge is -2.32. The van der Waals surface area contributed by atoms with Crippen molar-refractivity contribution in [3.8, 4) is 5.75 Å². The number of aryl methyl sites for hydroxylation is 1. The predicted octanol–water partition coefficient (Wildman–Crippen LogP) is 4.90. The Labute approximate surface area is 239 Å². The van der Waals surface area contributed by atoms with Crippen molar-refractivity contribution in [3.63, 3.8) is 0 Å². The zero-order valence-electron chi connectivity index (χ0n) is 22.6. The van der Waals surface area contributed by atoms with Crippen molar-refractivity contribution >= 4 is 43.5 Å². The molecule has 1 atom stereocenters. The number of sulfonamides is 1. The average Bonchev–Trinajstić information content (AvgIpc) is 2.94. The maximum Gasteiger partial charge on any atom is 0.264 e. The molecule has 0 aliphatic rings. The number of methoxy groups -OCH3 is 1. The Balaban J connectivity index is 2.07. The Morgan fingerprint density at radius 1 is 1.03 bits per heavy atom. The molecule has 3 rings (SSSR count). The molecule has 0 radical (unpaired) electrons. The Hall–Kier alpha value is -3.37. The van der Waals surface area contributed by atoms with Gasteiger partial charge in [-0.2, -0.15) is 0 Å². The van der Waals surface area contributed by atoms with Crippen molar-refractivity contribution in [1.29, 1.82) is 0 Å². The summed E-state index contributed by atoms with van der Waals surface area (Å²) in [5.41, 5.74) is 1.83. The highest BCUT2D eigenvalue weighted by molar-refractivity contribution is 9.10. The van der Waals surface area contributed by atoms with Crippen LogP contribution in [0.25, 0.3) is 0 Å². The number of ether oxygens (including phenoxy) is 1. The first-order valence-electron chi connectivity index (χ1n) is 12.6. The van der Waals surface area contributed by atoms with Crippen LogP contribution in [0.1, 0.15) is 31.4 Å². The second-order valence-electron chi connectivity index (χ2n) is 9.12. The van der Waals surface area contributed by atoms with E-state index in [9.17, 15) is 18.0 Å². The lowest BCUT2D eigenvalue weighted by atomic mass is 10.1. The monoisotopic (exact) mass is 615 g/mol. The second kappa shape index (κ2) is 13.6. The molecule has 0 fully saturated rings. The van der Waals surface area contributed by atoms with Gasteiger partial charge in [-0.15, -0.1) is 0 Å². The first-order chi connectivity index (χ1) is 18.6. The topological polar surface area (TPSA) is 96.0 Å². The van der Waals surface area contributed by atoms with Gasteiger partial charge in [0.15, 0.2) is 0 Å². The number of nitrogens with one attached hydrogen (secondary N) is 1. The molecule has 2 amide bonds. The number of anilines is 1. The van der Waals surface area contributed by atoms with E-state index in [1.165, 1.54) is 24.1 Å². The number of hydrogen-bond donors (Lipinski definition) is 1. The van der Waals surface area contributed by atoms with Crippen LogP contribution in [0.3, 0.4) is 0 Å². The molecule has 0 spiro atoms. The summed E-state index contributed by atoms with van der Waals surface area (Å²) < 4.78 is 35.3. The highest BCUT2D eigenvalue weighted by Gasteiger charge is 2.33. The number of nitrogens with zero attached hydrogens (tertiary/aromatic N) is 2. The molecule has 208 valence electrons. The third-order valence-corrected chi connectivity index (χ3v) is 8.50. The van der Waals surface area contributed by atoms with Gasteiger partial charge in [0.2, 0.25) is 11.8 Å². The van der Waals surface area contributed by atoms with E-state index < -0.39 is 28.5 Å². The van der Waals surface area contributed by atoms with Gasteiger partial charge in [-0.1, -0.05) is 59.3 Å². The number of halogens is 1. The summed E-state index contributed by atoms with van der Waals surface area (Å²) in [4.78, 5) is 28.4. The number of rotatable bonds is 12. The van der Waals surface area contributed by atoms with Crippen LogP contribution < -0.4 is 14.4 Å². The standard InChI is InChI=1S/C29H34BrN3O5S/c1-5-17-31-29(35)22(3)32(19-23-12-14-24(30)15-13-23)28(34)20-33(26-18-21(2)11-16-27(26)38-4)39(36,37)25-9-7-6-8-10-25/h6-16,18,22H,5,17,19-20H2,1-4H3,(H,31,35)/t22-/m1/s1. The lowest BCUT2D eigenvalue weighted by molar-refractivity contribution is -0.139. The minimum Gasteiger partial charge on any atom is -0.495 e. The smallest absolute Gasteiger partial charge is 0.264 e. The molecule has 0 aromatic heterocycles. The summed E-state index contributed by atoms with van der Waals surface area (Å²) in [6.07, 6.45) is 0.745. The van der Waals surface area contributed by atoms with Gasteiger partial charge < -0.3 is 15.0 Å². The second-order valence-corrected chi connectivity index (χ2v) is 11.9. The van der Waals surface area contributed by atoms with Gasteiger partial charge >= 0.3 is 0 Å². The zero-order valence-corrected chi connectivity index (χ0v) is 25.0. The zero-order chi connectivity index (χ0) is 28.6. The van der Waals surface area contributed by atoms with E-state index in [0.29, 0.717) is 12.3 Å². The van der Waals surface area contributed by atoms with Gasteiger partial charge in [-0.3, -0.25) is 13.9 Å². The predicted molar refractivity (Wildman–Crippen MR) is 156 cm³/mol. The van der Waals surface area contributed by atoms with Crippen LogP contribution in [0.4, 0.5) is 5.69 Å². The lowest BCUT2D eigenvalue weighted by Crippen LogP contribution is -2.51. The number of hydrogen-bond acceptors (Lipinski definition) is 5. The summed E-state index contributed by atoms with van der Waals surface area (Å²) in [7, 11) is -2.72. The summed E-state index contributed by atoms with van der Waals surface area (Å²) in [5.74, 6) is -0.533. The van der Waals surface area contributed by atoms with E-state index in [2.05, 4.69) is 21.2 Å². The molecule has 0 saturated carbocycles. The van der Waals surface area contributed by atoms with Crippen LogP contribution >= 0.6 is 15.9 Å². The van der Waals surface area contributed by atoms with Crippen molar-refractivity contribution in [3.05, 3.63) is 88.4 Å². The highest BCUT2D eigenvalue weighted by atomic mass is 79.9. The van der Waals surface area contributed by atoms with Crippen LogP contribution in [-0.2, 0) is 26.2 Å². The fraction of sp³-hybridized carbons (Fsp3) is 0.310. The third kappa shape index (κ3) is 7.60. The molecule has 8 nitrogen and oxygen atoms in total. The third-order valence-electron chi connectivity index (χ3n) is 6.20. The minimum absolute atomic E-state index is 0.0366. The SMILES string of the molecule is CCCNC(=O)[C@@H](C)N(Cc1ccc(Br)cc1)C(=O)CN(c1cc(C)ccc1OC)S(=O)(=O)c1ccccc1. The van der Waals surface area contributed by atoms with Crippen molar-refractivity contribution in [1.82, 2.24) is 10.2 Å². The Morgan fingerprint density at radius 3 is 2.31 bits per heavy atom. The van der Waals surface area contributed by atoms with E-state index in [-0.39, 0.29) is 23.0 Å². The Kier molecular flexibility index (Phi) is 10.5. The normalized spacial score (nSPS) is 11.9. The molecule has 0 heterocycles. The first-order valence-corrected chi connectivity index (χ1v) is 14.9. The number of benzene rings is 3. The molecule has 0 unspecified atom stereocenters. The van der Waals surface area contributed by atoms with Gasteiger partial charge in [0, 0.05) is 17.6 Å². The fourth-order valence-corrected chi connectivity index (χ4v) is 5.69. The molecule has 10 heteroatoms. The molecule has 0 bridgehead atoms. The van der Waals surface area contributed by atoms with Crippen LogP contribution in [0, 0.1) is 6.92 Å². The molecule has 39 heavy (non-hydrogen) atoms. The Morgan fingerprint density at radius 2 is 1.69 bits per heavy atom. The number of amides is 2. The summed E-state index contributed by atoms with van der Waals surface area (Å²) in [6.45, 7) is 5.48. The van der Waals surface area contributed by atoms with Gasteiger partial charge in [0.1, 0.15) is 18.3 Å². The van der Waals surface area contributed by atoms with E-state index in [0.717, 1.165) is 26.3 Å². The van der Waals surface area contributed by atoms with Gasteiger partial charge in [0.25, 0.3) is 10.0 Å². The van der Waals surface area contributed by atoms with E-state index in [1.807, 2.05) is 38.1 Å². The van der Waals surface area contributed by atoms with Crippen molar-refractivity contribution < 1.29 is 22.7 Å². The summed E-state index contributed by atoms with van der Waals surface area (Å²) in [6, 6.07) is 19.6. The molecule has 0 aliphatic heterocycles. The summed E-state index contributed by atoms with van der Waals surface area (Å²) >= 11 is 3.41. The van der Waals surface area contributed by atoms with E-state index in [4.69, 9.17) is 4.74 Å². The summed E-state index contributed by atoms with van der Waals surface area (Å²) in [5, 5.41) is 2.84. The number of carbonyl (C=O) groups excluding carboxylic acids is 2. The fourth-order valence-electron chi connectivity index (χ4n) is 3.99. The Bertz CT molecular complexity index is 1380. The molecule has 0 aliphatic carbocycles. The van der Waals surface area contributed by atoms with E-state index in [1.54, 1.807) is 43.3 Å².